The maximum absolute atomic E-state index is 15.7. The first kappa shape index (κ1) is 25.6. The molecule has 0 aromatic carbocycles. The summed E-state index contributed by atoms with van der Waals surface area (Å²) >= 11 is 0. The molecule has 2 aromatic rings. The average molecular weight is 522 g/mol. The van der Waals surface area contributed by atoms with Crippen LogP contribution in [0.15, 0.2) is 42.5 Å². The smallest absolute Gasteiger partial charge is 0.225 e. The van der Waals surface area contributed by atoms with Crippen LogP contribution in [-0.4, -0.2) is 83.3 Å². The van der Waals surface area contributed by atoms with Gasteiger partial charge in [-0.1, -0.05) is 12.2 Å². The Hall–Kier alpha value is -2.71. The molecule has 38 heavy (non-hydrogen) atoms. The van der Waals surface area contributed by atoms with Crippen LogP contribution in [0.3, 0.4) is 0 Å². The predicted octanol–water partition coefficient (Wildman–Crippen LogP) is 4.54. The molecule has 2 aliphatic heterocycles. The first-order valence-electron chi connectivity index (χ1n) is 14.3. The SMILES string of the molecule is COC1(C2C=CC(c3cc4c(N5CCN(C(=O)C6CC6)CC5)ccnn4c3)=C(F)C2)CCN(C(C)C)CC1. The Morgan fingerprint density at radius 3 is 2.50 bits per heavy atom. The van der Waals surface area contributed by atoms with Gasteiger partial charge < -0.3 is 19.4 Å². The van der Waals surface area contributed by atoms with E-state index in [2.05, 4.69) is 40.9 Å². The molecular formula is C30H40FN5O2. The highest BCUT2D eigenvalue weighted by Crippen LogP contribution is 2.43. The summed E-state index contributed by atoms with van der Waals surface area (Å²) in [4.78, 5) is 19.3. The third-order valence-corrected chi connectivity index (χ3v) is 9.30. The Morgan fingerprint density at radius 1 is 1.13 bits per heavy atom. The highest BCUT2D eigenvalue weighted by atomic mass is 19.1. The molecule has 8 heteroatoms. The topological polar surface area (TPSA) is 53.3 Å². The van der Waals surface area contributed by atoms with Crippen molar-refractivity contribution >= 4 is 22.7 Å². The van der Waals surface area contributed by atoms with Crippen molar-refractivity contribution in [3.8, 4) is 0 Å². The molecule has 3 fully saturated rings. The lowest BCUT2D eigenvalue weighted by atomic mass is 9.74. The molecule has 1 amide bonds. The second-order valence-electron chi connectivity index (χ2n) is 11.7. The second kappa shape index (κ2) is 10.1. The molecule has 2 aromatic heterocycles. The van der Waals surface area contributed by atoms with E-state index in [1.807, 2.05) is 27.8 Å². The molecule has 6 rings (SSSR count). The van der Waals surface area contributed by atoms with Gasteiger partial charge in [0.25, 0.3) is 0 Å². The van der Waals surface area contributed by atoms with Gasteiger partial charge in [-0.3, -0.25) is 4.79 Å². The molecule has 1 saturated carbocycles. The number of carbonyl (C=O) groups is 1. The van der Waals surface area contributed by atoms with Crippen molar-refractivity contribution in [2.75, 3.05) is 51.3 Å². The number of fused-ring (bicyclic) bond motifs is 1. The molecule has 1 unspecified atom stereocenters. The van der Waals surface area contributed by atoms with E-state index < -0.39 is 0 Å². The van der Waals surface area contributed by atoms with Crippen molar-refractivity contribution in [3.05, 3.63) is 48.1 Å². The molecule has 0 radical (unpaired) electrons. The summed E-state index contributed by atoms with van der Waals surface area (Å²) < 4.78 is 23.7. The molecule has 0 N–H and O–H groups in total. The van der Waals surface area contributed by atoms with Crippen molar-refractivity contribution < 1.29 is 13.9 Å². The number of amides is 1. The Morgan fingerprint density at radius 2 is 1.87 bits per heavy atom. The third-order valence-electron chi connectivity index (χ3n) is 9.30. The number of aromatic nitrogens is 2. The van der Waals surface area contributed by atoms with E-state index in [1.165, 1.54) is 0 Å². The maximum atomic E-state index is 15.7. The Bertz CT molecular complexity index is 1250. The monoisotopic (exact) mass is 521 g/mol. The number of rotatable bonds is 6. The van der Waals surface area contributed by atoms with Crippen LogP contribution < -0.4 is 4.90 Å². The number of piperazine rings is 1. The fourth-order valence-corrected chi connectivity index (χ4v) is 6.60. The maximum Gasteiger partial charge on any atom is 0.225 e. The summed E-state index contributed by atoms with van der Waals surface area (Å²) in [5.41, 5.74) is 3.23. The Kier molecular flexibility index (Phi) is 6.80. The van der Waals surface area contributed by atoms with Crippen molar-refractivity contribution in [1.29, 1.82) is 0 Å². The van der Waals surface area contributed by atoms with Crippen molar-refractivity contribution in [1.82, 2.24) is 19.4 Å². The van der Waals surface area contributed by atoms with Crippen LogP contribution >= 0.6 is 0 Å². The Labute approximate surface area is 224 Å². The van der Waals surface area contributed by atoms with Crippen LogP contribution in [0.2, 0.25) is 0 Å². The van der Waals surface area contributed by atoms with E-state index in [1.54, 1.807) is 13.3 Å². The number of methoxy groups -OCH3 is 1. The minimum Gasteiger partial charge on any atom is -0.378 e. The van der Waals surface area contributed by atoms with Gasteiger partial charge in [-0.05, 0) is 51.7 Å². The first-order valence-corrected chi connectivity index (χ1v) is 14.3. The number of piperidine rings is 1. The number of likely N-dealkylation sites (tertiary alicyclic amines) is 1. The second-order valence-corrected chi connectivity index (χ2v) is 11.7. The fourth-order valence-electron chi connectivity index (χ4n) is 6.60. The molecular weight excluding hydrogens is 481 g/mol. The van der Waals surface area contributed by atoms with Gasteiger partial charge in [0.15, 0.2) is 0 Å². The van der Waals surface area contributed by atoms with Crippen LogP contribution in [0.1, 0.15) is 51.5 Å². The van der Waals surface area contributed by atoms with E-state index in [4.69, 9.17) is 4.74 Å². The summed E-state index contributed by atoms with van der Waals surface area (Å²) in [7, 11) is 1.78. The number of hydrogen-bond acceptors (Lipinski definition) is 5. The standard InChI is InChI=1S/C30H40FN5O2/c1-21(2)33-12-9-30(38-3,10-13-33)24-6-7-25(26(31)19-24)23-18-28-27(8-11-32-36(28)20-23)34-14-16-35(17-15-34)29(37)22-4-5-22/h6-8,11,18,20-22,24H,4-5,9-10,12-17,19H2,1-3H3. The number of hydrogen-bond donors (Lipinski definition) is 0. The molecule has 7 nitrogen and oxygen atoms in total. The average Bonchev–Trinajstić information content (AvgIpc) is 3.70. The normalized spacial score (nSPS) is 24.6. The lowest BCUT2D eigenvalue weighted by Gasteiger charge is -2.46. The van der Waals surface area contributed by atoms with Crippen LogP contribution in [0.25, 0.3) is 11.1 Å². The number of carbonyl (C=O) groups excluding carboxylic acids is 1. The number of nitrogens with zero attached hydrogens (tertiary/aromatic N) is 5. The molecule has 2 aliphatic carbocycles. The van der Waals surface area contributed by atoms with E-state index in [0.29, 0.717) is 23.9 Å². The van der Waals surface area contributed by atoms with Gasteiger partial charge in [-0.25, -0.2) is 8.91 Å². The molecule has 2 saturated heterocycles. The van der Waals surface area contributed by atoms with Crippen LogP contribution in [-0.2, 0) is 9.53 Å². The minimum atomic E-state index is -0.312. The molecule has 4 heterocycles. The minimum absolute atomic E-state index is 0.0333. The summed E-state index contributed by atoms with van der Waals surface area (Å²) in [6, 6.07) is 4.60. The largest absolute Gasteiger partial charge is 0.378 e. The van der Waals surface area contributed by atoms with Crippen LogP contribution in [0.4, 0.5) is 10.1 Å². The van der Waals surface area contributed by atoms with E-state index in [9.17, 15) is 4.79 Å². The summed E-state index contributed by atoms with van der Waals surface area (Å²) in [5, 5.41) is 4.52. The van der Waals surface area contributed by atoms with Gasteiger partial charge in [-0.2, -0.15) is 5.10 Å². The summed E-state index contributed by atoms with van der Waals surface area (Å²) in [6.45, 7) is 9.51. The number of halogens is 1. The van der Waals surface area contributed by atoms with Gasteiger partial charge in [0.2, 0.25) is 5.91 Å². The zero-order valence-corrected chi connectivity index (χ0v) is 22.9. The number of allylic oxidation sites excluding steroid dienone is 3. The molecule has 0 spiro atoms. The highest BCUT2D eigenvalue weighted by molar-refractivity contribution is 5.84. The van der Waals surface area contributed by atoms with Crippen molar-refractivity contribution in [3.63, 3.8) is 0 Å². The van der Waals surface area contributed by atoms with Crippen molar-refractivity contribution in [2.45, 2.75) is 57.6 Å². The van der Waals surface area contributed by atoms with Crippen LogP contribution in [0, 0.1) is 11.8 Å². The summed E-state index contributed by atoms with van der Waals surface area (Å²) in [5.74, 6) is 0.538. The predicted molar refractivity (Wildman–Crippen MR) is 148 cm³/mol. The molecule has 0 bridgehead atoms. The zero-order chi connectivity index (χ0) is 26.4. The number of anilines is 1. The molecule has 204 valence electrons. The first-order chi connectivity index (χ1) is 18.4. The lowest BCUT2D eigenvalue weighted by molar-refractivity contribution is -0.132. The fraction of sp³-hybridized carbons (Fsp3) is 0.600. The third kappa shape index (κ3) is 4.66. The van der Waals surface area contributed by atoms with Crippen LogP contribution in [0.5, 0.6) is 0 Å². The van der Waals surface area contributed by atoms with Gasteiger partial charge >= 0.3 is 0 Å². The van der Waals surface area contributed by atoms with Gasteiger partial charge in [0, 0.05) is 94.2 Å². The molecule has 4 aliphatic rings. The van der Waals surface area contributed by atoms with Crippen molar-refractivity contribution in [2.24, 2.45) is 11.8 Å². The van der Waals surface area contributed by atoms with E-state index >= 15 is 4.39 Å². The lowest BCUT2D eigenvalue weighted by Crippen LogP contribution is -2.51. The Balaban J connectivity index is 1.18. The number of ether oxygens (including phenoxy) is 1. The quantitative estimate of drug-likeness (QED) is 0.559. The van der Waals surface area contributed by atoms with Gasteiger partial charge in [0.05, 0.1) is 16.8 Å². The zero-order valence-electron chi connectivity index (χ0n) is 22.9. The summed E-state index contributed by atoms with van der Waals surface area (Å²) in [6.07, 6.45) is 12.1. The van der Waals surface area contributed by atoms with E-state index in [0.717, 1.165) is 81.7 Å². The van der Waals surface area contributed by atoms with Gasteiger partial charge in [0.1, 0.15) is 5.83 Å². The van der Waals surface area contributed by atoms with E-state index in [-0.39, 0.29) is 23.3 Å². The van der Waals surface area contributed by atoms with Gasteiger partial charge in [-0.15, -0.1) is 0 Å². The highest BCUT2D eigenvalue weighted by Gasteiger charge is 2.42. The molecule has 1 atom stereocenters.